The standard InChI is InChI=1S/C14H19ClN2O2/c1-17(12-7-2-3-8-13(12)18)14(19)16-11-6-4-5-10(15)9-11/h4-6,9,12-13,18H,2-3,7-8H2,1H3,(H,16,19). The van der Waals surface area contributed by atoms with Crippen LogP contribution in [0.25, 0.3) is 0 Å². The molecule has 0 aliphatic heterocycles. The lowest BCUT2D eigenvalue weighted by atomic mass is 9.92. The van der Waals surface area contributed by atoms with Crippen LogP contribution < -0.4 is 5.32 Å². The van der Waals surface area contributed by atoms with Crippen LogP contribution in [0.3, 0.4) is 0 Å². The van der Waals surface area contributed by atoms with Gasteiger partial charge in [-0.2, -0.15) is 0 Å². The fourth-order valence-electron chi connectivity index (χ4n) is 2.47. The number of nitrogens with zero attached hydrogens (tertiary/aromatic N) is 1. The molecule has 2 rings (SSSR count). The van der Waals surface area contributed by atoms with E-state index >= 15 is 0 Å². The first-order valence-electron chi connectivity index (χ1n) is 6.55. The van der Waals surface area contributed by atoms with E-state index in [1.807, 2.05) is 0 Å². The van der Waals surface area contributed by atoms with Gasteiger partial charge in [0.1, 0.15) is 0 Å². The van der Waals surface area contributed by atoms with Crippen molar-refractivity contribution < 1.29 is 9.90 Å². The van der Waals surface area contributed by atoms with E-state index in [0.717, 1.165) is 25.7 Å². The highest BCUT2D eigenvalue weighted by atomic mass is 35.5. The maximum absolute atomic E-state index is 12.1. The van der Waals surface area contributed by atoms with Crippen molar-refractivity contribution in [3.63, 3.8) is 0 Å². The number of nitrogens with one attached hydrogen (secondary N) is 1. The summed E-state index contributed by atoms with van der Waals surface area (Å²) in [5, 5.41) is 13.3. The second-order valence-corrected chi connectivity index (χ2v) is 5.41. The summed E-state index contributed by atoms with van der Waals surface area (Å²) in [4.78, 5) is 13.7. The van der Waals surface area contributed by atoms with E-state index in [4.69, 9.17) is 11.6 Å². The summed E-state index contributed by atoms with van der Waals surface area (Å²) in [6, 6.07) is 6.71. The van der Waals surface area contributed by atoms with Crippen molar-refractivity contribution in [1.82, 2.24) is 4.90 Å². The monoisotopic (exact) mass is 282 g/mol. The summed E-state index contributed by atoms with van der Waals surface area (Å²) in [5.74, 6) is 0. The number of anilines is 1. The minimum Gasteiger partial charge on any atom is -0.391 e. The maximum Gasteiger partial charge on any atom is 0.321 e. The van der Waals surface area contributed by atoms with Crippen LogP contribution in [0.15, 0.2) is 24.3 Å². The van der Waals surface area contributed by atoms with Gasteiger partial charge in [0.2, 0.25) is 0 Å². The molecule has 1 fully saturated rings. The molecule has 0 saturated heterocycles. The summed E-state index contributed by atoms with van der Waals surface area (Å²) < 4.78 is 0. The molecule has 0 heterocycles. The Hall–Kier alpha value is -1.26. The van der Waals surface area contributed by atoms with Crippen LogP contribution in [0.1, 0.15) is 25.7 Å². The van der Waals surface area contributed by atoms with Crippen molar-refractivity contribution >= 4 is 23.3 Å². The number of benzene rings is 1. The Kier molecular flexibility index (Phi) is 4.66. The van der Waals surface area contributed by atoms with Gasteiger partial charge in [0.05, 0.1) is 12.1 Å². The topological polar surface area (TPSA) is 52.6 Å². The summed E-state index contributed by atoms with van der Waals surface area (Å²) in [7, 11) is 1.72. The second kappa shape index (κ2) is 6.26. The van der Waals surface area contributed by atoms with Gasteiger partial charge in [-0.3, -0.25) is 0 Å². The number of aliphatic hydroxyl groups is 1. The SMILES string of the molecule is CN(C(=O)Nc1cccc(Cl)c1)C1CCCCC1O. The van der Waals surface area contributed by atoms with Crippen LogP contribution in [0.2, 0.25) is 5.02 Å². The number of rotatable bonds is 2. The molecule has 2 N–H and O–H groups in total. The lowest BCUT2D eigenvalue weighted by Crippen LogP contribution is -2.47. The number of hydrogen-bond donors (Lipinski definition) is 2. The first kappa shape index (κ1) is 14.2. The van der Waals surface area contributed by atoms with Gasteiger partial charge < -0.3 is 15.3 Å². The quantitative estimate of drug-likeness (QED) is 0.876. The molecule has 0 spiro atoms. The third-order valence-corrected chi connectivity index (χ3v) is 3.82. The minimum absolute atomic E-state index is 0.104. The number of likely N-dealkylation sites (N-methyl/N-ethyl adjacent to an activating group) is 1. The van der Waals surface area contributed by atoms with Crippen LogP contribution in [-0.4, -0.2) is 35.2 Å². The number of aliphatic hydroxyl groups excluding tert-OH is 1. The van der Waals surface area contributed by atoms with Crippen molar-refractivity contribution in [1.29, 1.82) is 0 Å². The van der Waals surface area contributed by atoms with Gasteiger partial charge in [0, 0.05) is 17.8 Å². The molecule has 0 radical (unpaired) electrons. The Balaban J connectivity index is 1.99. The molecule has 2 amide bonds. The zero-order chi connectivity index (χ0) is 13.8. The van der Waals surface area contributed by atoms with E-state index < -0.39 is 6.10 Å². The predicted molar refractivity (Wildman–Crippen MR) is 76.5 cm³/mol. The molecule has 104 valence electrons. The molecule has 2 atom stereocenters. The highest BCUT2D eigenvalue weighted by Gasteiger charge is 2.29. The second-order valence-electron chi connectivity index (χ2n) is 4.97. The molecule has 2 unspecified atom stereocenters. The smallest absolute Gasteiger partial charge is 0.321 e. The van der Waals surface area contributed by atoms with Crippen molar-refractivity contribution in [2.45, 2.75) is 37.8 Å². The number of carbonyl (C=O) groups excluding carboxylic acids is 1. The average molecular weight is 283 g/mol. The highest BCUT2D eigenvalue weighted by Crippen LogP contribution is 2.23. The van der Waals surface area contributed by atoms with Gasteiger partial charge >= 0.3 is 6.03 Å². The number of amides is 2. The summed E-state index contributed by atoms with van der Waals surface area (Å²) >= 11 is 5.87. The normalized spacial score (nSPS) is 22.9. The van der Waals surface area contributed by atoms with Crippen LogP contribution in [-0.2, 0) is 0 Å². The predicted octanol–water partition coefficient (Wildman–Crippen LogP) is 3.11. The zero-order valence-corrected chi connectivity index (χ0v) is 11.7. The highest BCUT2D eigenvalue weighted by molar-refractivity contribution is 6.30. The third-order valence-electron chi connectivity index (χ3n) is 3.59. The molecular weight excluding hydrogens is 264 g/mol. The number of urea groups is 1. The first-order valence-corrected chi connectivity index (χ1v) is 6.93. The molecule has 5 heteroatoms. The van der Waals surface area contributed by atoms with E-state index in [0.29, 0.717) is 10.7 Å². The van der Waals surface area contributed by atoms with E-state index in [2.05, 4.69) is 5.32 Å². The molecule has 1 saturated carbocycles. The Morgan fingerprint density at radius 2 is 2.16 bits per heavy atom. The molecule has 1 aromatic rings. The van der Waals surface area contributed by atoms with Gasteiger partial charge in [0.25, 0.3) is 0 Å². The Morgan fingerprint density at radius 3 is 2.84 bits per heavy atom. The maximum atomic E-state index is 12.1. The largest absolute Gasteiger partial charge is 0.391 e. The zero-order valence-electron chi connectivity index (χ0n) is 11.0. The molecule has 1 aliphatic carbocycles. The van der Waals surface area contributed by atoms with Gasteiger partial charge in [-0.1, -0.05) is 30.5 Å². The Morgan fingerprint density at radius 1 is 1.42 bits per heavy atom. The summed E-state index contributed by atoms with van der Waals surface area (Å²) in [6.07, 6.45) is 3.27. The van der Waals surface area contributed by atoms with E-state index in [1.165, 1.54) is 0 Å². The van der Waals surface area contributed by atoms with Crippen LogP contribution in [0.4, 0.5) is 10.5 Å². The molecule has 4 nitrogen and oxygen atoms in total. The summed E-state index contributed by atoms with van der Waals surface area (Å²) in [5.41, 5.74) is 0.662. The molecule has 1 aliphatic rings. The van der Waals surface area contributed by atoms with Gasteiger partial charge in [0.15, 0.2) is 0 Å². The molecule has 0 aromatic heterocycles. The number of carbonyl (C=O) groups is 1. The van der Waals surface area contributed by atoms with Gasteiger partial charge in [-0.15, -0.1) is 0 Å². The van der Waals surface area contributed by atoms with Crippen molar-refractivity contribution in [3.8, 4) is 0 Å². The van der Waals surface area contributed by atoms with Gasteiger partial charge in [-0.25, -0.2) is 4.79 Å². The first-order chi connectivity index (χ1) is 9.08. The van der Waals surface area contributed by atoms with Crippen LogP contribution in [0.5, 0.6) is 0 Å². The van der Waals surface area contributed by atoms with Crippen LogP contribution >= 0.6 is 11.6 Å². The fourth-order valence-corrected chi connectivity index (χ4v) is 2.66. The lowest BCUT2D eigenvalue weighted by Gasteiger charge is -2.35. The molecule has 19 heavy (non-hydrogen) atoms. The summed E-state index contributed by atoms with van der Waals surface area (Å²) in [6.45, 7) is 0. The average Bonchev–Trinajstić information content (AvgIpc) is 2.38. The number of hydrogen-bond acceptors (Lipinski definition) is 2. The lowest BCUT2D eigenvalue weighted by molar-refractivity contribution is 0.0494. The third kappa shape index (κ3) is 3.61. The molecule has 0 bridgehead atoms. The van der Waals surface area contributed by atoms with Crippen molar-refractivity contribution in [3.05, 3.63) is 29.3 Å². The van der Waals surface area contributed by atoms with Crippen LogP contribution in [0, 0.1) is 0 Å². The van der Waals surface area contributed by atoms with E-state index in [9.17, 15) is 9.90 Å². The van der Waals surface area contributed by atoms with Gasteiger partial charge in [-0.05, 0) is 31.0 Å². The number of halogens is 1. The molecular formula is C14H19ClN2O2. The van der Waals surface area contributed by atoms with E-state index in [1.54, 1.807) is 36.2 Å². The van der Waals surface area contributed by atoms with E-state index in [-0.39, 0.29) is 12.1 Å². The molecule has 1 aromatic carbocycles. The van der Waals surface area contributed by atoms with Crippen molar-refractivity contribution in [2.75, 3.05) is 12.4 Å². The fraction of sp³-hybridized carbons (Fsp3) is 0.500. The Labute approximate surface area is 118 Å². The minimum atomic E-state index is -0.427. The Bertz CT molecular complexity index is 453. The van der Waals surface area contributed by atoms with Crippen molar-refractivity contribution in [2.24, 2.45) is 0 Å².